The van der Waals surface area contributed by atoms with Gasteiger partial charge in [0.25, 0.3) is 5.56 Å². The number of carbonyl (C=O) groups excluding carboxylic acids is 1. The molecule has 17 heavy (non-hydrogen) atoms. The summed E-state index contributed by atoms with van der Waals surface area (Å²) in [5.74, 6) is -0.806. The van der Waals surface area contributed by atoms with E-state index in [-0.39, 0.29) is 11.5 Å². The van der Waals surface area contributed by atoms with E-state index in [0.29, 0.717) is 0 Å². The fourth-order valence-electron chi connectivity index (χ4n) is 1.23. The average molecular weight is 237 g/mol. The van der Waals surface area contributed by atoms with Crippen LogP contribution >= 0.6 is 0 Å². The fraction of sp³-hybridized carbons (Fsp3) is 0.333. The molecule has 1 heterocycles. The SMILES string of the molecule is Cn1c(N)c(NC(=O)CC#N)c(=O)n(C)c1=O. The molecule has 90 valence electrons. The average Bonchev–Trinajstić information content (AvgIpc) is 2.30. The van der Waals surface area contributed by atoms with Gasteiger partial charge in [-0.05, 0) is 0 Å². The van der Waals surface area contributed by atoms with E-state index in [1.165, 1.54) is 14.1 Å². The predicted molar refractivity (Wildman–Crippen MR) is 60.2 cm³/mol. The molecular formula is C9H11N5O3. The zero-order chi connectivity index (χ0) is 13.2. The molecule has 3 N–H and O–H groups in total. The minimum atomic E-state index is -0.711. The molecule has 1 aromatic heterocycles. The molecule has 8 nitrogen and oxygen atoms in total. The van der Waals surface area contributed by atoms with Crippen LogP contribution in [-0.4, -0.2) is 15.0 Å². The van der Waals surface area contributed by atoms with Crippen LogP contribution in [0.15, 0.2) is 9.59 Å². The first kappa shape index (κ1) is 12.5. The number of nitriles is 1. The van der Waals surface area contributed by atoms with Gasteiger partial charge >= 0.3 is 5.69 Å². The first-order valence-corrected chi connectivity index (χ1v) is 4.62. The Hall–Kier alpha value is -2.56. The Balaban J connectivity index is 3.37. The summed E-state index contributed by atoms with van der Waals surface area (Å²) >= 11 is 0. The summed E-state index contributed by atoms with van der Waals surface area (Å²) in [4.78, 5) is 34.3. The van der Waals surface area contributed by atoms with Crippen LogP contribution in [0.3, 0.4) is 0 Å². The van der Waals surface area contributed by atoms with Gasteiger partial charge in [0, 0.05) is 14.1 Å². The second-order valence-corrected chi connectivity index (χ2v) is 3.35. The van der Waals surface area contributed by atoms with E-state index in [9.17, 15) is 14.4 Å². The molecule has 0 aliphatic carbocycles. The minimum Gasteiger partial charge on any atom is -0.383 e. The molecule has 0 saturated carbocycles. The van der Waals surface area contributed by atoms with Gasteiger partial charge in [0.2, 0.25) is 5.91 Å². The van der Waals surface area contributed by atoms with E-state index >= 15 is 0 Å². The zero-order valence-corrected chi connectivity index (χ0v) is 9.35. The van der Waals surface area contributed by atoms with Gasteiger partial charge in [-0.15, -0.1) is 0 Å². The number of nitrogens with zero attached hydrogens (tertiary/aromatic N) is 3. The van der Waals surface area contributed by atoms with Gasteiger partial charge in [0.1, 0.15) is 17.9 Å². The molecule has 0 aliphatic heterocycles. The van der Waals surface area contributed by atoms with E-state index in [0.717, 1.165) is 9.13 Å². The van der Waals surface area contributed by atoms with Crippen LogP contribution in [-0.2, 0) is 18.9 Å². The molecule has 1 amide bonds. The number of aromatic nitrogens is 2. The quantitative estimate of drug-likeness (QED) is 0.649. The third kappa shape index (κ3) is 2.17. The number of anilines is 2. The van der Waals surface area contributed by atoms with Crippen molar-refractivity contribution in [1.29, 1.82) is 5.26 Å². The highest BCUT2D eigenvalue weighted by atomic mass is 16.2. The van der Waals surface area contributed by atoms with Gasteiger partial charge in [-0.1, -0.05) is 0 Å². The molecule has 0 atom stereocenters. The number of nitrogen functional groups attached to an aromatic ring is 1. The number of nitrogens with two attached hydrogens (primary N) is 1. The second-order valence-electron chi connectivity index (χ2n) is 3.35. The normalized spacial score (nSPS) is 9.71. The van der Waals surface area contributed by atoms with Crippen molar-refractivity contribution in [3.63, 3.8) is 0 Å². The summed E-state index contributed by atoms with van der Waals surface area (Å²) in [6.07, 6.45) is -0.397. The molecule has 0 bridgehead atoms. The molecular weight excluding hydrogens is 226 g/mol. The van der Waals surface area contributed by atoms with Gasteiger partial charge in [-0.2, -0.15) is 5.26 Å². The maximum atomic E-state index is 11.7. The third-order valence-electron chi connectivity index (χ3n) is 2.21. The molecule has 0 fully saturated rings. The monoisotopic (exact) mass is 237 g/mol. The number of amides is 1. The highest BCUT2D eigenvalue weighted by Gasteiger charge is 2.15. The smallest absolute Gasteiger partial charge is 0.332 e. The molecule has 1 rings (SSSR count). The van der Waals surface area contributed by atoms with Crippen molar-refractivity contribution in [2.75, 3.05) is 11.1 Å². The van der Waals surface area contributed by atoms with Gasteiger partial charge in [-0.3, -0.25) is 18.7 Å². The van der Waals surface area contributed by atoms with Crippen molar-refractivity contribution in [1.82, 2.24) is 9.13 Å². The lowest BCUT2D eigenvalue weighted by molar-refractivity contribution is -0.115. The predicted octanol–water partition coefficient (Wildman–Crippen LogP) is -1.48. The minimum absolute atomic E-state index is 0.149. The molecule has 0 aromatic carbocycles. The summed E-state index contributed by atoms with van der Waals surface area (Å²) in [6, 6.07) is 1.64. The van der Waals surface area contributed by atoms with Crippen LogP contribution < -0.4 is 22.3 Å². The number of hydrogen-bond donors (Lipinski definition) is 2. The lowest BCUT2D eigenvalue weighted by atomic mass is 10.4. The Bertz CT molecular complexity index is 619. The van der Waals surface area contributed by atoms with E-state index < -0.39 is 23.6 Å². The first-order valence-electron chi connectivity index (χ1n) is 4.62. The molecule has 0 unspecified atom stereocenters. The third-order valence-corrected chi connectivity index (χ3v) is 2.21. The van der Waals surface area contributed by atoms with E-state index in [1.54, 1.807) is 6.07 Å². The fourth-order valence-corrected chi connectivity index (χ4v) is 1.23. The number of nitrogens with one attached hydrogen (secondary N) is 1. The van der Waals surface area contributed by atoms with Crippen LogP contribution in [0.5, 0.6) is 0 Å². The van der Waals surface area contributed by atoms with E-state index in [4.69, 9.17) is 11.0 Å². The Morgan fingerprint density at radius 3 is 2.53 bits per heavy atom. The summed E-state index contributed by atoms with van der Waals surface area (Å²) in [5.41, 5.74) is 4.05. The summed E-state index contributed by atoms with van der Waals surface area (Å²) < 4.78 is 1.85. The van der Waals surface area contributed by atoms with Gasteiger partial charge < -0.3 is 11.1 Å². The van der Waals surface area contributed by atoms with Crippen LogP contribution in [0.1, 0.15) is 6.42 Å². The molecule has 0 saturated heterocycles. The van der Waals surface area contributed by atoms with Crippen molar-refractivity contribution >= 4 is 17.4 Å². The van der Waals surface area contributed by atoms with Crippen molar-refractivity contribution in [2.45, 2.75) is 6.42 Å². The summed E-state index contributed by atoms with van der Waals surface area (Å²) in [7, 11) is 2.64. The molecule has 8 heteroatoms. The van der Waals surface area contributed by atoms with Crippen molar-refractivity contribution < 1.29 is 4.79 Å². The van der Waals surface area contributed by atoms with Crippen LogP contribution in [0.4, 0.5) is 11.5 Å². The number of carbonyl (C=O) groups is 1. The maximum absolute atomic E-state index is 11.7. The first-order chi connectivity index (χ1) is 7.90. The Morgan fingerprint density at radius 2 is 2.00 bits per heavy atom. The van der Waals surface area contributed by atoms with Gasteiger partial charge in [0.05, 0.1) is 6.07 Å². The van der Waals surface area contributed by atoms with E-state index in [2.05, 4.69) is 5.32 Å². The molecule has 0 aliphatic rings. The van der Waals surface area contributed by atoms with Crippen molar-refractivity contribution in [2.24, 2.45) is 14.1 Å². The van der Waals surface area contributed by atoms with E-state index in [1.807, 2.05) is 0 Å². The Labute approximate surface area is 95.9 Å². The zero-order valence-electron chi connectivity index (χ0n) is 9.35. The molecule has 0 radical (unpaired) electrons. The highest BCUT2D eigenvalue weighted by Crippen LogP contribution is 2.08. The Kier molecular flexibility index (Phi) is 3.33. The highest BCUT2D eigenvalue weighted by molar-refractivity contribution is 5.94. The summed E-state index contributed by atoms with van der Waals surface area (Å²) in [6.45, 7) is 0. The van der Waals surface area contributed by atoms with Crippen molar-refractivity contribution in [3.05, 3.63) is 20.8 Å². The number of hydrogen-bond acceptors (Lipinski definition) is 5. The second kappa shape index (κ2) is 4.52. The van der Waals surface area contributed by atoms with Crippen LogP contribution in [0, 0.1) is 11.3 Å². The van der Waals surface area contributed by atoms with Crippen molar-refractivity contribution in [3.8, 4) is 6.07 Å². The molecule has 0 spiro atoms. The van der Waals surface area contributed by atoms with Crippen LogP contribution in [0.25, 0.3) is 0 Å². The lowest BCUT2D eigenvalue weighted by Crippen LogP contribution is -2.40. The summed E-state index contributed by atoms with van der Waals surface area (Å²) in [5, 5.41) is 10.5. The van der Waals surface area contributed by atoms with Crippen LogP contribution in [0.2, 0.25) is 0 Å². The topological polar surface area (TPSA) is 123 Å². The van der Waals surface area contributed by atoms with Gasteiger partial charge in [-0.25, -0.2) is 4.79 Å². The number of rotatable bonds is 2. The van der Waals surface area contributed by atoms with Gasteiger partial charge in [0.15, 0.2) is 0 Å². The standard InChI is InChI=1S/C9H11N5O3/c1-13-7(11)6(12-5(15)3-4-10)8(16)14(2)9(13)17/h3,11H2,1-2H3,(H,12,15). The lowest BCUT2D eigenvalue weighted by Gasteiger charge is -2.11. The largest absolute Gasteiger partial charge is 0.383 e. The Morgan fingerprint density at radius 1 is 1.41 bits per heavy atom. The maximum Gasteiger partial charge on any atom is 0.332 e. The molecule has 1 aromatic rings.